The summed E-state index contributed by atoms with van der Waals surface area (Å²) in [6.45, 7) is 2.31. The van der Waals surface area contributed by atoms with Gasteiger partial charge in [-0.25, -0.2) is 14.9 Å². The van der Waals surface area contributed by atoms with Crippen molar-refractivity contribution in [1.29, 1.82) is 0 Å². The van der Waals surface area contributed by atoms with Gasteiger partial charge in [0.05, 0.1) is 11.4 Å². The number of carbonyl (C=O) groups is 2. The third-order valence-electron chi connectivity index (χ3n) is 5.45. The topological polar surface area (TPSA) is 149 Å². The first-order chi connectivity index (χ1) is 17.3. The number of alkyl carbamates (subject to hydrolysis) is 1. The molecule has 2 aromatic carbocycles. The van der Waals surface area contributed by atoms with Crippen molar-refractivity contribution in [2.75, 3.05) is 6.54 Å². The zero-order valence-corrected chi connectivity index (χ0v) is 20.9. The summed E-state index contributed by atoms with van der Waals surface area (Å²) < 4.78 is 5.29. The molecule has 194 valence electrons. The number of unbranched alkanes of at least 4 members (excludes halogenated alkanes) is 1. The number of hydrazone groups is 1. The van der Waals surface area contributed by atoms with Crippen LogP contribution in [-0.2, 0) is 16.1 Å². The second-order valence-electron chi connectivity index (χ2n) is 8.36. The van der Waals surface area contributed by atoms with E-state index < -0.39 is 17.2 Å². The Morgan fingerprint density at radius 3 is 2.39 bits per heavy atom. The van der Waals surface area contributed by atoms with Gasteiger partial charge in [-0.1, -0.05) is 67.6 Å². The van der Waals surface area contributed by atoms with E-state index in [9.17, 15) is 19.7 Å². The monoisotopic (exact) mass is 517 g/mol. The fourth-order valence-corrected chi connectivity index (χ4v) is 3.80. The molecule has 0 aromatic heterocycles. The van der Waals surface area contributed by atoms with Crippen LogP contribution in [0.5, 0.6) is 0 Å². The van der Waals surface area contributed by atoms with Crippen molar-refractivity contribution in [1.82, 2.24) is 10.6 Å². The van der Waals surface area contributed by atoms with E-state index >= 15 is 0 Å². The first-order valence-corrected chi connectivity index (χ1v) is 12.1. The van der Waals surface area contributed by atoms with Crippen molar-refractivity contribution in [3.8, 4) is 0 Å². The number of amides is 1. The molecule has 1 unspecified atom stereocenters. The fourth-order valence-electron chi connectivity index (χ4n) is 3.56. The molecule has 4 N–H and O–H groups in total. The summed E-state index contributed by atoms with van der Waals surface area (Å²) in [5, 5.41) is 17.4. The Labute approximate surface area is 215 Å². The number of nitrogens with two attached hydrogens (primary N) is 1. The molecule has 3 atom stereocenters. The lowest BCUT2D eigenvalue weighted by Crippen LogP contribution is -2.42. The molecule has 0 aliphatic rings. The van der Waals surface area contributed by atoms with Gasteiger partial charge in [0.2, 0.25) is 0 Å². The number of hydrogen-bond acceptors (Lipinski definition) is 5. The largest absolute Gasteiger partial charge is 0.445 e. The van der Waals surface area contributed by atoms with Crippen molar-refractivity contribution in [3.05, 3.63) is 81.9 Å². The number of nitrogens with one attached hydrogen (secondary N) is 2. The second kappa shape index (κ2) is 15.4. The zero-order chi connectivity index (χ0) is 26.3. The van der Waals surface area contributed by atoms with E-state index in [-0.39, 0.29) is 36.1 Å². The van der Waals surface area contributed by atoms with E-state index in [0.717, 1.165) is 11.1 Å². The van der Waals surface area contributed by atoms with Gasteiger partial charge in [0.1, 0.15) is 11.7 Å². The Kier molecular flexibility index (Phi) is 12.2. The maximum absolute atomic E-state index is 13.1. The van der Waals surface area contributed by atoms with Crippen molar-refractivity contribution >= 4 is 29.4 Å². The Hall–Kier alpha value is -3.66. The smallest absolute Gasteiger partial charge is 0.408 e. The minimum absolute atomic E-state index is 0.0841. The van der Waals surface area contributed by atoms with Crippen LogP contribution in [0, 0.1) is 16.0 Å². The summed E-state index contributed by atoms with van der Waals surface area (Å²) in [6, 6.07) is 18.0. The first kappa shape index (κ1) is 28.6. The van der Waals surface area contributed by atoms with Crippen LogP contribution >= 0.6 is 11.6 Å². The Balaban J connectivity index is 1.93. The SMILES string of the molecule is C[C@H](CC(=O)[C@H](CCCCN/C(N)=N/[N+](=O)[O-])NC(=O)OCc1ccccc1)C(Cl)c1ccccc1. The summed E-state index contributed by atoms with van der Waals surface area (Å²) in [7, 11) is 0. The van der Waals surface area contributed by atoms with Gasteiger partial charge in [-0.2, -0.15) is 0 Å². The van der Waals surface area contributed by atoms with Gasteiger partial charge in [0, 0.05) is 13.0 Å². The van der Waals surface area contributed by atoms with Gasteiger partial charge >= 0.3 is 6.09 Å². The van der Waals surface area contributed by atoms with Crippen molar-refractivity contribution in [2.45, 2.75) is 50.6 Å². The van der Waals surface area contributed by atoms with Crippen LogP contribution in [0.2, 0.25) is 0 Å². The summed E-state index contributed by atoms with van der Waals surface area (Å²) in [4.78, 5) is 35.9. The lowest BCUT2D eigenvalue weighted by atomic mass is 9.92. The average Bonchev–Trinajstić information content (AvgIpc) is 2.86. The highest BCUT2D eigenvalue weighted by molar-refractivity contribution is 6.21. The third-order valence-corrected chi connectivity index (χ3v) is 6.13. The predicted octanol–water partition coefficient (Wildman–Crippen LogP) is 4.12. The summed E-state index contributed by atoms with van der Waals surface area (Å²) in [6.07, 6.45) is 0.948. The number of ether oxygens (including phenoxy) is 1. The molecule has 10 nitrogen and oxygen atoms in total. The number of Topliss-reactive ketones (excluding diaryl/α,β-unsaturated/α-hetero) is 1. The molecular weight excluding hydrogens is 486 g/mol. The molecule has 0 aliphatic carbocycles. The first-order valence-electron chi connectivity index (χ1n) is 11.7. The van der Waals surface area contributed by atoms with Crippen LogP contribution in [-0.4, -0.2) is 35.5 Å². The van der Waals surface area contributed by atoms with E-state index in [4.69, 9.17) is 22.1 Å². The lowest BCUT2D eigenvalue weighted by Gasteiger charge is -2.22. The van der Waals surface area contributed by atoms with Crippen molar-refractivity contribution in [2.24, 2.45) is 16.8 Å². The quantitative estimate of drug-likeness (QED) is 0.0851. The van der Waals surface area contributed by atoms with Gasteiger partial charge < -0.3 is 21.1 Å². The molecule has 2 aromatic rings. The summed E-state index contributed by atoms with van der Waals surface area (Å²) >= 11 is 6.60. The molecule has 2 rings (SSSR count). The molecule has 0 saturated carbocycles. The van der Waals surface area contributed by atoms with E-state index in [1.807, 2.05) is 67.6 Å². The summed E-state index contributed by atoms with van der Waals surface area (Å²) in [5.74, 6) is -0.604. The predicted molar refractivity (Wildman–Crippen MR) is 138 cm³/mol. The standard InChI is InChI=1S/C25H32ClN5O5/c1-18(23(26)20-12-6-3-7-13-20)16-22(32)21(14-8-9-15-28-24(27)30-31(34)35)29-25(33)36-17-19-10-4-2-5-11-19/h2-7,10-13,18,21,23H,8-9,14-17H2,1H3,(H,29,33)(H3,27,28,30)/t18-,21+,23?/m1/s1. The number of halogens is 1. The molecule has 0 bridgehead atoms. The molecule has 36 heavy (non-hydrogen) atoms. The molecule has 0 radical (unpaired) electrons. The molecule has 1 amide bonds. The number of rotatable bonds is 14. The molecule has 0 aliphatic heterocycles. The van der Waals surface area contributed by atoms with Gasteiger partial charge in [-0.05, 0) is 36.3 Å². The lowest BCUT2D eigenvalue weighted by molar-refractivity contribution is -0.485. The molecule has 0 heterocycles. The minimum Gasteiger partial charge on any atom is -0.445 e. The van der Waals surface area contributed by atoms with Crippen molar-refractivity contribution in [3.63, 3.8) is 0 Å². The van der Waals surface area contributed by atoms with Gasteiger partial charge in [-0.15, -0.1) is 11.6 Å². The highest BCUT2D eigenvalue weighted by atomic mass is 35.5. The highest BCUT2D eigenvalue weighted by Crippen LogP contribution is 2.31. The number of ketones is 1. The highest BCUT2D eigenvalue weighted by Gasteiger charge is 2.26. The Bertz CT molecular complexity index is 1010. The van der Waals surface area contributed by atoms with Crippen LogP contribution < -0.4 is 16.4 Å². The Morgan fingerprint density at radius 1 is 1.11 bits per heavy atom. The minimum atomic E-state index is -0.886. The summed E-state index contributed by atoms with van der Waals surface area (Å²) in [5.41, 5.74) is 7.15. The van der Waals surface area contributed by atoms with Crippen LogP contribution in [0.25, 0.3) is 0 Å². The van der Waals surface area contributed by atoms with Crippen LogP contribution in [0.1, 0.15) is 49.1 Å². The van der Waals surface area contributed by atoms with Gasteiger partial charge in [-0.3, -0.25) is 4.79 Å². The molecule has 11 heteroatoms. The number of carbonyl (C=O) groups excluding carboxylic acids is 2. The van der Waals surface area contributed by atoms with Crippen LogP contribution in [0.15, 0.2) is 65.8 Å². The zero-order valence-electron chi connectivity index (χ0n) is 20.1. The van der Waals surface area contributed by atoms with E-state index in [2.05, 4.69) is 15.7 Å². The second-order valence-corrected chi connectivity index (χ2v) is 8.83. The van der Waals surface area contributed by atoms with Gasteiger partial charge in [0.25, 0.3) is 5.96 Å². The maximum Gasteiger partial charge on any atom is 0.408 e. The molecule has 0 spiro atoms. The maximum atomic E-state index is 13.1. The van der Waals surface area contributed by atoms with E-state index in [0.29, 0.717) is 25.8 Å². The third kappa shape index (κ3) is 10.7. The van der Waals surface area contributed by atoms with E-state index in [1.54, 1.807) is 0 Å². The number of hydrogen-bond donors (Lipinski definition) is 3. The molecule has 0 fully saturated rings. The normalized spacial score (nSPS) is 13.8. The number of nitrogens with zero attached hydrogens (tertiary/aromatic N) is 2. The van der Waals surface area contributed by atoms with E-state index in [1.165, 1.54) is 0 Å². The number of guanidine groups is 1. The molecular formula is C25H32ClN5O5. The van der Waals surface area contributed by atoms with Crippen molar-refractivity contribution < 1.29 is 19.4 Å². The number of nitro groups is 1. The van der Waals surface area contributed by atoms with Crippen LogP contribution in [0.4, 0.5) is 4.79 Å². The fraction of sp³-hybridized carbons (Fsp3) is 0.400. The number of benzene rings is 2. The van der Waals surface area contributed by atoms with Crippen LogP contribution in [0.3, 0.4) is 0 Å². The molecule has 0 saturated heterocycles. The average molecular weight is 518 g/mol. The Morgan fingerprint density at radius 2 is 1.75 bits per heavy atom. The number of alkyl halides is 1. The van der Waals surface area contributed by atoms with Gasteiger partial charge in [0.15, 0.2) is 10.8 Å².